The van der Waals surface area contributed by atoms with Crippen molar-refractivity contribution in [3.05, 3.63) is 54.1 Å². The van der Waals surface area contributed by atoms with Gasteiger partial charge in [0.05, 0.1) is 12.0 Å². The average molecular weight is 403 g/mol. The molecule has 0 aliphatic heterocycles. The third kappa shape index (κ3) is 5.04. The van der Waals surface area contributed by atoms with Gasteiger partial charge in [-0.2, -0.15) is 0 Å². The van der Waals surface area contributed by atoms with Gasteiger partial charge in [-0.25, -0.2) is 8.42 Å². The molecule has 0 unspecified atom stereocenters. The molecule has 150 valence electrons. The summed E-state index contributed by atoms with van der Waals surface area (Å²) in [4.78, 5) is 12.6. The highest BCUT2D eigenvalue weighted by Gasteiger charge is 2.21. The zero-order chi connectivity index (χ0) is 20.1. The number of hydrogen-bond donors (Lipinski definition) is 2. The second-order valence-electron chi connectivity index (χ2n) is 7.29. The van der Waals surface area contributed by atoms with Gasteiger partial charge < -0.3 is 10.1 Å². The van der Waals surface area contributed by atoms with Crippen LogP contribution in [-0.2, 0) is 10.0 Å². The topological polar surface area (TPSA) is 84.5 Å². The van der Waals surface area contributed by atoms with Crippen LogP contribution in [0, 0.1) is 5.92 Å². The Kier molecular flexibility index (Phi) is 6.24. The van der Waals surface area contributed by atoms with Gasteiger partial charge in [-0.15, -0.1) is 0 Å². The Balaban J connectivity index is 1.71. The number of ether oxygens (including phenoxy) is 1. The van der Waals surface area contributed by atoms with E-state index < -0.39 is 10.0 Å². The molecule has 0 bridgehead atoms. The zero-order valence-electron chi connectivity index (χ0n) is 16.1. The summed E-state index contributed by atoms with van der Waals surface area (Å²) in [6.45, 7) is 2.22. The van der Waals surface area contributed by atoms with Crippen LogP contribution in [-0.4, -0.2) is 27.5 Å². The van der Waals surface area contributed by atoms with Gasteiger partial charge in [0.2, 0.25) is 0 Å². The van der Waals surface area contributed by atoms with E-state index in [2.05, 4.69) is 17.0 Å². The van der Waals surface area contributed by atoms with Gasteiger partial charge in [0.25, 0.3) is 15.9 Å². The number of amides is 1. The van der Waals surface area contributed by atoms with E-state index in [4.69, 9.17) is 4.74 Å². The molecule has 0 atom stereocenters. The summed E-state index contributed by atoms with van der Waals surface area (Å²) >= 11 is 0. The Morgan fingerprint density at radius 2 is 1.71 bits per heavy atom. The number of hydrogen-bond acceptors (Lipinski definition) is 4. The van der Waals surface area contributed by atoms with Crippen LogP contribution in [0.2, 0.25) is 0 Å². The predicted octanol–water partition coefficient (Wildman–Crippen LogP) is 3.80. The minimum atomic E-state index is -3.80. The van der Waals surface area contributed by atoms with Crippen molar-refractivity contribution in [2.24, 2.45) is 5.92 Å². The van der Waals surface area contributed by atoms with Gasteiger partial charge in [-0.1, -0.05) is 13.0 Å². The summed E-state index contributed by atoms with van der Waals surface area (Å²) in [7, 11) is -2.25. The van der Waals surface area contributed by atoms with Crippen LogP contribution >= 0.6 is 0 Å². The molecule has 28 heavy (non-hydrogen) atoms. The SMILES string of the molecule is COc1ccc(NS(=O)(=O)c2cccc(C(=O)NC3CCC(C)CC3)c2)cc1. The van der Waals surface area contributed by atoms with Crippen molar-refractivity contribution in [2.45, 2.75) is 43.5 Å². The van der Waals surface area contributed by atoms with Gasteiger partial charge in [-0.05, 0) is 74.1 Å². The lowest BCUT2D eigenvalue weighted by Gasteiger charge is -2.26. The van der Waals surface area contributed by atoms with Gasteiger partial charge in [-0.3, -0.25) is 9.52 Å². The van der Waals surface area contributed by atoms with E-state index in [0.29, 0.717) is 22.9 Å². The standard InChI is InChI=1S/C21H26N2O4S/c1-15-6-8-17(9-7-15)22-21(24)16-4-3-5-20(14-16)28(25,26)23-18-10-12-19(27-2)13-11-18/h3-5,10-15,17,23H,6-9H2,1-2H3,(H,22,24). The van der Waals surface area contributed by atoms with Gasteiger partial charge in [0, 0.05) is 17.3 Å². The van der Waals surface area contributed by atoms with Crippen molar-refractivity contribution in [2.75, 3.05) is 11.8 Å². The normalized spacial score (nSPS) is 19.6. The summed E-state index contributed by atoms with van der Waals surface area (Å²) in [5.74, 6) is 1.10. The molecule has 0 radical (unpaired) electrons. The molecule has 1 amide bonds. The second-order valence-corrected chi connectivity index (χ2v) is 8.97. The Morgan fingerprint density at radius 1 is 1.04 bits per heavy atom. The maximum atomic E-state index is 12.7. The number of nitrogens with one attached hydrogen (secondary N) is 2. The number of carbonyl (C=O) groups excluding carboxylic acids is 1. The van der Waals surface area contributed by atoms with Gasteiger partial charge in [0.15, 0.2) is 0 Å². The first-order chi connectivity index (χ1) is 13.4. The van der Waals surface area contributed by atoms with Crippen LogP contribution in [0.4, 0.5) is 5.69 Å². The quantitative estimate of drug-likeness (QED) is 0.770. The third-order valence-corrected chi connectivity index (χ3v) is 6.48. The molecule has 2 N–H and O–H groups in total. The molecule has 1 aliphatic rings. The molecule has 2 aromatic rings. The fourth-order valence-corrected chi connectivity index (χ4v) is 4.45. The summed E-state index contributed by atoms with van der Waals surface area (Å²) in [5, 5.41) is 3.03. The fraction of sp³-hybridized carbons (Fsp3) is 0.381. The van der Waals surface area contributed by atoms with E-state index in [1.54, 1.807) is 43.5 Å². The highest BCUT2D eigenvalue weighted by Crippen LogP contribution is 2.24. The summed E-state index contributed by atoms with van der Waals surface area (Å²) < 4.78 is 33.0. The lowest BCUT2D eigenvalue weighted by molar-refractivity contribution is 0.0923. The zero-order valence-corrected chi connectivity index (χ0v) is 17.0. The van der Waals surface area contributed by atoms with E-state index in [9.17, 15) is 13.2 Å². The molecule has 0 heterocycles. The predicted molar refractivity (Wildman–Crippen MR) is 109 cm³/mol. The minimum Gasteiger partial charge on any atom is -0.497 e. The van der Waals surface area contributed by atoms with E-state index >= 15 is 0 Å². The third-order valence-electron chi connectivity index (χ3n) is 5.10. The van der Waals surface area contributed by atoms with Crippen molar-refractivity contribution in [3.8, 4) is 5.75 Å². The monoisotopic (exact) mass is 402 g/mol. The van der Waals surface area contributed by atoms with Crippen LogP contribution in [0.25, 0.3) is 0 Å². The van der Waals surface area contributed by atoms with Crippen molar-refractivity contribution in [1.29, 1.82) is 0 Å². The highest BCUT2D eigenvalue weighted by atomic mass is 32.2. The molecule has 1 fully saturated rings. The molecular weight excluding hydrogens is 376 g/mol. The molecule has 6 nitrogen and oxygen atoms in total. The van der Waals surface area contributed by atoms with E-state index in [1.165, 1.54) is 12.1 Å². The molecule has 1 saturated carbocycles. The number of carbonyl (C=O) groups is 1. The van der Waals surface area contributed by atoms with Crippen molar-refractivity contribution in [3.63, 3.8) is 0 Å². The Bertz CT molecular complexity index is 918. The molecule has 0 spiro atoms. The highest BCUT2D eigenvalue weighted by molar-refractivity contribution is 7.92. The van der Waals surface area contributed by atoms with E-state index in [1.807, 2.05) is 0 Å². The number of methoxy groups -OCH3 is 1. The number of sulfonamides is 1. The number of benzene rings is 2. The van der Waals surface area contributed by atoms with E-state index in [-0.39, 0.29) is 16.8 Å². The molecule has 1 aliphatic carbocycles. The van der Waals surface area contributed by atoms with Crippen LogP contribution in [0.5, 0.6) is 5.75 Å². The Labute approximate surface area is 166 Å². The van der Waals surface area contributed by atoms with Crippen molar-refractivity contribution < 1.29 is 17.9 Å². The second kappa shape index (κ2) is 8.65. The van der Waals surface area contributed by atoms with Crippen molar-refractivity contribution >= 4 is 21.6 Å². The fourth-order valence-electron chi connectivity index (χ4n) is 3.35. The van der Waals surface area contributed by atoms with Crippen LogP contribution in [0.3, 0.4) is 0 Å². The first kappa shape index (κ1) is 20.2. The minimum absolute atomic E-state index is 0.0493. The first-order valence-corrected chi connectivity index (χ1v) is 10.9. The first-order valence-electron chi connectivity index (χ1n) is 9.45. The van der Waals surface area contributed by atoms with Gasteiger partial charge >= 0.3 is 0 Å². The molecular formula is C21H26N2O4S. The lowest BCUT2D eigenvalue weighted by atomic mass is 9.87. The van der Waals surface area contributed by atoms with Crippen LogP contribution in [0.15, 0.2) is 53.4 Å². The molecule has 0 aromatic heterocycles. The van der Waals surface area contributed by atoms with E-state index in [0.717, 1.165) is 25.7 Å². The number of anilines is 1. The summed E-state index contributed by atoms with van der Waals surface area (Å²) in [6.07, 6.45) is 4.13. The van der Waals surface area contributed by atoms with Crippen molar-refractivity contribution in [1.82, 2.24) is 5.32 Å². The maximum Gasteiger partial charge on any atom is 0.261 e. The smallest absolute Gasteiger partial charge is 0.261 e. The number of rotatable bonds is 6. The molecule has 0 saturated heterocycles. The maximum absolute atomic E-state index is 12.7. The lowest BCUT2D eigenvalue weighted by Crippen LogP contribution is -2.37. The Hall–Kier alpha value is -2.54. The molecule has 3 rings (SSSR count). The average Bonchev–Trinajstić information content (AvgIpc) is 2.70. The molecule has 2 aromatic carbocycles. The molecule has 7 heteroatoms. The Morgan fingerprint density at radius 3 is 2.36 bits per heavy atom. The van der Waals surface area contributed by atoms with Crippen LogP contribution < -0.4 is 14.8 Å². The largest absolute Gasteiger partial charge is 0.497 e. The van der Waals surface area contributed by atoms with Gasteiger partial charge in [0.1, 0.15) is 5.75 Å². The van der Waals surface area contributed by atoms with Crippen LogP contribution in [0.1, 0.15) is 43.0 Å². The summed E-state index contributed by atoms with van der Waals surface area (Å²) in [6, 6.07) is 12.8. The summed E-state index contributed by atoms with van der Waals surface area (Å²) in [5.41, 5.74) is 0.767.